The molecular formula is C22H24BrN3O3. The third-order valence-electron chi connectivity index (χ3n) is 4.86. The molecule has 2 heterocycles. The number of carbonyl (C=O) groups excluding carboxylic acids is 1. The summed E-state index contributed by atoms with van der Waals surface area (Å²) in [7, 11) is 0. The van der Waals surface area contributed by atoms with Crippen LogP contribution < -0.4 is 10.9 Å². The number of aromatic nitrogens is 2. The lowest BCUT2D eigenvalue weighted by Crippen LogP contribution is -2.32. The standard InChI is InChI=1S/C14H16BrN3O.C8H8O2/c15-11-1-2-13-12(7-11)14(19)18(9-17-13)8-10-3-5-16-6-4-10;9-7-10-6-8-4-2-1-3-5-8/h1-2,7,9-10,16H,3-6,8H2;1-5,7H,6H2. The van der Waals surface area contributed by atoms with E-state index >= 15 is 0 Å². The third-order valence-corrected chi connectivity index (χ3v) is 5.35. The first-order valence-electron chi connectivity index (χ1n) is 9.62. The largest absolute Gasteiger partial charge is 0.463 e. The number of piperidine rings is 1. The highest BCUT2D eigenvalue weighted by atomic mass is 79.9. The lowest BCUT2D eigenvalue weighted by Gasteiger charge is -2.23. The second kappa shape index (κ2) is 10.9. The van der Waals surface area contributed by atoms with Crippen LogP contribution in [0.2, 0.25) is 0 Å². The highest BCUT2D eigenvalue weighted by Crippen LogP contribution is 2.16. The smallest absolute Gasteiger partial charge is 0.293 e. The number of benzene rings is 2. The summed E-state index contributed by atoms with van der Waals surface area (Å²) < 4.78 is 7.21. The summed E-state index contributed by atoms with van der Waals surface area (Å²) in [6.07, 6.45) is 3.94. The maximum Gasteiger partial charge on any atom is 0.293 e. The molecule has 1 aromatic heterocycles. The van der Waals surface area contributed by atoms with Crippen LogP contribution in [-0.4, -0.2) is 29.1 Å². The average molecular weight is 458 g/mol. The molecule has 0 aliphatic carbocycles. The van der Waals surface area contributed by atoms with Crippen LogP contribution in [0.1, 0.15) is 18.4 Å². The number of fused-ring (bicyclic) bond motifs is 1. The topological polar surface area (TPSA) is 73.2 Å². The number of halogens is 1. The molecule has 1 saturated heterocycles. The van der Waals surface area contributed by atoms with Crippen LogP contribution >= 0.6 is 15.9 Å². The Balaban J connectivity index is 0.000000204. The van der Waals surface area contributed by atoms with E-state index in [-0.39, 0.29) is 5.56 Å². The highest BCUT2D eigenvalue weighted by molar-refractivity contribution is 9.10. The molecule has 7 heteroatoms. The van der Waals surface area contributed by atoms with Crippen molar-refractivity contribution >= 4 is 33.3 Å². The zero-order chi connectivity index (χ0) is 20.5. The number of nitrogens with zero attached hydrogens (tertiary/aromatic N) is 2. The molecule has 0 radical (unpaired) electrons. The van der Waals surface area contributed by atoms with E-state index in [1.54, 1.807) is 10.9 Å². The molecule has 1 fully saturated rings. The van der Waals surface area contributed by atoms with Gasteiger partial charge in [-0.15, -0.1) is 0 Å². The number of hydrogen-bond acceptors (Lipinski definition) is 5. The van der Waals surface area contributed by atoms with Gasteiger partial charge in [-0.2, -0.15) is 0 Å². The van der Waals surface area contributed by atoms with Crippen LogP contribution in [0.4, 0.5) is 0 Å². The number of carbonyl (C=O) groups is 1. The first-order valence-corrected chi connectivity index (χ1v) is 10.4. The van der Waals surface area contributed by atoms with Gasteiger partial charge in [-0.25, -0.2) is 4.98 Å². The Morgan fingerprint density at radius 3 is 2.66 bits per heavy atom. The second-order valence-electron chi connectivity index (χ2n) is 6.95. The third kappa shape index (κ3) is 6.24. The van der Waals surface area contributed by atoms with Crippen LogP contribution in [0, 0.1) is 5.92 Å². The van der Waals surface area contributed by atoms with Gasteiger partial charge in [0, 0.05) is 11.0 Å². The zero-order valence-corrected chi connectivity index (χ0v) is 17.7. The van der Waals surface area contributed by atoms with E-state index in [0.717, 1.165) is 48.0 Å². The van der Waals surface area contributed by atoms with Crippen LogP contribution in [0.15, 0.2) is 64.1 Å². The quantitative estimate of drug-likeness (QED) is 0.593. The predicted molar refractivity (Wildman–Crippen MR) is 117 cm³/mol. The van der Waals surface area contributed by atoms with Crippen molar-refractivity contribution in [2.45, 2.75) is 26.0 Å². The lowest BCUT2D eigenvalue weighted by molar-refractivity contribution is -0.129. The minimum absolute atomic E-state index is 0.0600. The number of ether oxygens (including phenoxy) is 1. The van der Waals surface area contributed by atoms with Crippen molar-refractivity contribution < 1.29 is 9.53 Å². The SMILES string of the molecule is O=COCc1ccccc1.O=c1c2cc(Br)ccc2ncn1CC1CCNCC1. The minimum Gasteiger partial charge on any atom is -0.463 e. The molecule has 29 heavy (non-hydrogen) atoms. The van der Waals surface area contributed by atoms with Gasteiger partial charge in [0.2, 0.25) is 0 Å². The summed E-state index contributed by atoms with van der Waals surface area (Å²) in [5, 5.41) is 4.03. The summed E-state index contributed by atoms with van der Waals surface area (Å²) in [6.45, 7) is 3.69. The number of hydrogen-bond donors (Lipinski definition) is 1. The summed E-state index contributed by atoms with van der Waals surface area (Å²) in [5.41, 5.74) is 1.83. The van der Waals surface area contributed by atoms with Crippen molar-refractivity contribution in [3.8, 4) is 0 Å². The first-order chi connectivity index (χ1) is 14.2. The lowest BCUT2D eigenvalue weighted by atomic mass is 9.98. The summed E-state index contributed by atoms with van der Waals surface area (Å²) >= 11 is 3.41. The van der Waals surface area contributed by atoms with Gasteiger partial charge in [0.15, 0.2) is 0 Å². The van der Waals surface area contributed by atoms with Crippen molar-refractivity contribution in [3.05, 3.63) is 75.2 Å². The second-order valence-corrected chi connectivity index (χ2v) is 7.87. The van der Waals surface area contributed by atoms with Crippen molar-refractivity contribution in [2.75, 3.05) is 13.1 Å². The molecule has 0 amide bonds. The van der Waals surface area contributed by atoms with E-state index in [1.165, 1.54) is 0 Å². The fourth-order valence-electron chi connectivity index (χ4n) is 3.31. The molecule has 1 aliphatic rings. The molecule has 1 aliphatic heterocycles. The average Bonchev–Trinajstić information content (AvgIpc) is 2.76. The molecule has 0 bridgehead atoms. The van der Waals surface area contributed by atoms with Crippen LogP contribution in [-0.2, 0) is 22.7 Å². The highest BCUT2D eigenvalue weighted by Gasteiger charge is 2.15. The van der Waals surface area contributed by atoms with Crippen LogP contribution in [0.3, 0.4) is 0 Å². The van der Waals surface area contributed by atoms with Crippen molar-refractivity contribution in [1.29, 1.82) is 0 Å². The molecule has 3 aromatic rings. The van der Waals surface area contributed by atoms with Crippen LogP contribution in [0.5, 0.6) is 0 Å². The first kappa shape index (κ1) is 21.2. The van der Waals surface area contributed by atoms with Crippen molar-refractivity contribution in [1.82, 2.24) is 14.9 Å². The molecule has 0 spiro atoms. The summed E-state index contributed by atoms with van der Waals surface area (Å²) in [4.78, 5) is 26.6. The van der Waals surface area contributed by atoms with E-state index < -0.39 is 0 Å². The molecule has 0 atom stereocenters. The van der Waals surface area contributed by atoms with E-state index in [1.807, 2.05) is 48.5 Å². The van der Waals surface area contributed by atoms with Gasteiger partial charge in [0.05, 0.1) is 17.2 Å². The van der Waals surface area contributed by atoms with Gasteiger partial charge in [0.25, 0.3) is 12.0 Å². The van der Waals surface area contributed by atoms with Gasteiger partial charge in [-0.3, -0.25) is 14.2 Å². The van der Waals surface area contributed by atoms with Gasteiger partial charge in [-0.1, -0.05) is 46.3 Å². The molecule has 6 nitrogen and oxygen atoms in total. The van der Waals surface area contributed by atoms with Crippen molar-refractivity contribution in [3.63, 3.8) is 0 Å². The molecular weight excluding hydrogens is 434 g/mol. The monoisotopic (exact) mass is 457 g/mol. The van der Waals surface area contributed by atoms with Crippen molar-refractivity contribution in [2.24, 2.45) is 5.92 Å². The number of rotatable bonds is 5. The van der Waals surface area contributed by atoms with Gasteiger partial charge >= 0.3 is 0 Å². The Morgan fingerprint density at radius 1 is 1.17 bits per heavy atom. The fraction of sp³-hybridized carbons (Fsp3) is 0.318. The minimum atomic E-state index is 0.0600. The molecule has 4 rings (SSSR count). The van der Waals surface area contributed by atoms with Crippen LogP contribution in [0.25, 0.3) is 10.9 Å². The van der Waals surface area contributed by atoms with E-state index in [9.17, 15) is 9.59 Å². The Morgan fingerprint density at radius 2 is 1.93 bits per heavy atom. The molecule has 152 valence electrons. The summed E-state index contributed by atoms with van der Waals surface area (Å²) in [5.74, 6) is 0.574. The van der Waals surface area contributed by atoms with E-state index in [2.05, 4.69) is 31.0 Å². The summed E-state index contributed by atoms with van der Waals surface area (Å²) in [6, 6.07) is 15.2. The normalized spacial score (nSPS) is 14.1. The molecule has 2 aromatic carbocycles. The maximum absolute atomic E-state index is 12.4. The Bertz CT molecular complexity index is 986. The predicted octanol–water partition coefficient (Wildman–Crippen LogP) is 3.52. The van der Waals surface area contributed by atoms with Gasteiger partial charge in [0.1, 0.15) is 6.61 Å². The number of nitrogens with one attached hydrogen (secondary N) is 1. The Hall–Kier alpha value is -2.51. The molecule has 0 unspecified atom stereocenters. The molecule has 0 saturated carbocycles. The van der Waals surface area contributed by atoms with E-state index in [4.69, 9.17) is 0 Å². The fourth-order valence-corrected chi connectivity index (χ4v) is 3.67. The van der Waals surface area contributed by atoms with Gasteiger partial charge in [-0.05, 0) is 55.6 Å². The van der Waals surface area contributed by atoms with E-state index in [0.29, 0.717) is 24.4 Å². The Labute approximate surface area is 178 Å². The Kier molecular flexibility index (Phi) is 7.95. The van der Waals surface area contributed by atoms with Gasteiger partial charge < -0.3 is 10.1 Å². The zero-order valence-electron chi connectivity index (χ0n) is 16.1. The maximum atomic E-state index is 12.4. The molecule has 1 N–H and O–H groups in total.